The first kappa shape index (κ1) is 19.3. The van der Waals surface area contributed by atoms with E-state index in [0.29, 0.717) is 13.1 Å². The van der Waals surface area contributed by atoms with Crippen molar-refractivity contribution >= 4 is 15.9 Å². The number of carbonyl (C=O) groups excluding carboxylic acids is 1. The van der Waals surface area contributed by atoms with Crippen LogP contribution in [0.1, 0.15) is 35.3 Å². The second-order valence-corrected chi connectivity index (χ2v) is 8.24. The number of pyridine rings is 1. The van der Waals surface area contributed by atoms with Gasteiger partial charge in [0.1, 0.15) is 10.6 Å². The molecule has 1 N–H and O–H groups in total. The van der Waals surface area contributed by atoms with Crippen molar-refractivity contribution in [2.75, 3.05) is 20.2 Å². The maximum Gasteiger partial charge on any atom is 0.251 e. The van der Waals surface area contributed by atoms with Gasteiger partial charge in [0.25, 0.3) is 5.91 Å². The van der Waals surface area contributed by atoms with Gasteiger partial charge in [-0.1, -0.05) is 12.5 Å². The van der Waals surface area contributed by atoms with Crippen molar-refractivity contribution in [1.82, 2.24) is 14.6 Å². The third kappa shape index (κ3) is 4.45. The molecule has 8 heteroatoms. The van der Waals surface area contributed by atoms with Crippen molar-refractivity contribution < 1.29 is 17.9 Å². The summed E-state index contributed by atoms with van der Waals surface area (Å²) in [5.74, 6) is -0.125. The Hall–Kier alpha value is -2.45. The van der Waals surface area contributed by atoms with Crippen LogP contribution in [-0.2, 0) is 16.6 Å². The van der Waals surface area contributed by atoms with E-state index < -0.39 is 10.0 Å². The summed E-state index contributed by atoms with van der Waals surface area (Å²) in [6, 6.07) is 9.91. The van der Waals surface area contributed by atoms with Crippen molar-refractivity contribution in [3.05, 3.63) is 53.9 Å². The highest BCUT2D eigenvalue weighted by molar-refractivity contribution is 7.89. The Kier molecular flexibility index (Phi) is 6.08. The lowest BCUT2D eigenvalue weighted by molar-refractivity contribution is 0.0950. The van der Waals surface area contributed by atoms with Crippen LogP contribution in [0.25, 0.3) is 0 Å². The number of nitrogens with zero attached hydrogens (tertiary/aromatic N) is 2. The van der Waals surface area contributed by atoms with Gasteiger partial charge in [-0.25, -0.2) is 8.42 Å². The van der Waals surface area contributed by atoms with Crippen LogP contribution < -0.4 is 10.1 Å². The molecule has 144 valence electrons. The Bertz CT molecular complexity index is 894. The van der Waals surface area contributed by atoms with Crippen LogP contribution in [0.4, 0.5) is 0 Å². The Labute approximate surface area is 159 Å². The molecule has 7 nitrogen and oxygen atoms in total. The highest BCUT2D eigenvalue weighted by Gasteiger charge is 2.29. The fourth-order valence-electron chi connectivity index (χ4n) is 3.04. The monoisotopic (exact) mass is 389 g/mol. The number of hydrogen-bond donors (Lipinski definition) is 1. The summed E-state index contributed by atoms with van der Waals surface area (Å²) in [5.41, 5.74) is 0.989. The van der Waals surface area contributed by atoms with Crippen LogP contribution in [0.2, 0.25) is 0 Å². The number of piperidine rings is 1. The van der Waals surface area contributed by atoms with Crippen LogP contribution in [0.15, 0.2) is 47.5 Å². The average Bonchev–Trinajstić information content (AvgIpc) is 2.73. The molecule has 2 heterocycles. The van der Waals surface area contributed by atoms with Crippen LogP contribution in [0.5, 0.6) is 5.75 Å². The van der Waals surface area contributed by atoms with Crippen LogP contribution in [0.3, 0.4) is 0 Å². The normalized spacial score (nSPS) is 15.3. The fourth-order valence-corrected chi connectivity index (χ4v) is 4.74. The van der Waals surface area contributed by atoms with Gasteiger partial charge in [-0.05, 0) is 43.2 Å². The van der Waals surface area contributed by atoms with Crippen molar-refractivity contribution in [3.63, 3.8) is 0 Å². The molecule has 0 unspecified atom stereocenters. The van der Waals surface area contributed by atoms with E-state index in [9.17, 15) is 13.2 Å². The molecule has 2 aromatic rings. The van der Waals surface area contributed by atoms with Gasteiger partial charge in [-0.3, -0.25) is 9.78 Å². The number of ether oxygens (including phenoxy) is 1. The van der Waals surface area contributed by atoms with Crippen molar-refractivity contribution in [3.8, 4) is 5.75 Å². The lowest BCUT2D eigenvalue weighted by Crippen LogP contribution is -2.36. The quantitative estimate of drug-likeness (QED) is 0.818. The van der Waals surface area contributed by atoms with Gasteiger partial charge in [0.15, 0.2) is 0 Å². The second-order valence-electron chi connectivity index (χ2n) is 6.33. The third-order valence-corrected chi connectivity index (χ3v) is 6.43. The number of carbonyl (C=O) groups is 1. The Morgan fingerprint density at radius 2 is 1.96 bits per heavy atom. The smallest absolute Gasteiger partial charge is 0.251 e. The molecule has 1 saturated heterocycles. The van der Waals surface area contributed by atoms with Gasteiger partial charge in [0.2, 0.25) is 10.0 Å². The highest BCUT2D eigenvalue weighted by Crippen LogP contribution is 2.29. The number of methoxy groups -OCH3 is 1. The lowest BCUT2D eigenvalue weighted by atomic mass is 10.2. The Morgan fingerprint density at radius 1 is 1.19 bits per heavy atom. The molecule has 1 aliphatic rings. The molecule has 1 aliphatic heterocycles. The molecule has 0 radical (unpaired) electrons. The first-order valence-electron chi connectivity index (χ1n) is 8.88. The number of nitrogens with one attached hydrogen (secondary N) is 1. The summed E-state index contributed by atoms with van der Waals surface area (Å²) in [4.78, 5) is 16.7. The average molecular weight is 389 g/mol. The molecule has 0 spiro atoms. The zero-order valence-electron chi connectivity index (χ0n) is 15.2. The minimum Gasteiger partial charge on any atom is -0.495 e. The van der Waals surface area contributed by atoms with E-state index in [1.807, 2.05) is 6.07 Å². The van der Waals surface area contributed by atoms with Gasteiger partial charge >= 0.3 is 0 Å². The Balaban J connectivity index is 1.83. The third-order valence-electron chi connectivity index (χ3n) is 4.51. The number of amides is 1. The number of aromatic nitrogens is 1. The van der Waals surface area contributed by atoms with E-state index in [2.05, 4.69) is 10.3 Å². The number of benzene rings is 1. The van der Waals surface area contributed by atoms with Gasteiger partial charge < -0.3 is 10.1 Å². The maximum atomic E-state index is 13.0. The van der Waals surface area contributed by atoms with Crippen molar-refractivity contribution in [2.24, 2.45) is 0 Å². The number of sulfonamides is 1. The van der Waals surface area contributed by atoms with E-state index in [1.54, 1.807) is 24.4 Å². The fraction of sp³-hybridized carbons (Fsp3) is 0.368. The molecule has 1 fully saturated rings. The zero-order valence-corrected chi connectivity index (χ0v) is 16.0. The summed E-state index contributed by atoms with van der Waals surface area (Å²) < 4.78 is 32.8. The standard InChI is InChI=1S/C19H23N3O4S/c1-26-17-9-8-15(19(23)21-14-16-7-3-4-10-20-16)13-18(17)27(24,25)22-11-5-2-6-12-22/h3-4,7-10,13H,2,5-6,11-12,14H2,1H3,(H,21,23). The van der Waals surface area contributed by atoms with E-state index in [0.717, 1.165) is 25.0 Å². The molecule has 1 amide bonds. The predicted molar refractivity (Wildman–Crippen MR) is 101 cm³/mol. The van der Waals surface area contributed by atoms with Crippen molar-refractivity contribution in [2.45, 2.75) is 30.7 Å². The number of hydrogen-bond acceptors (Lipinski definition) is 5. The molecule has 0 bridgehead atoms. The van der Waals surface area contributed by atoms with E-state index in [-0.39, 0.29) is 28.7 Å². The number of rotatable bonds is 6. The molecular formula is C19H23N3O4S. The lowest BCUT2D eigenvalue weighted by Gasteiger charge is -2.26. The van der Waals surface area contributed by atoms with E-state index in [1.165, 1.54) is 23.5 Å². The topological polar surface area (TPSA) is 88.6 Å². The molecule has 0 saturated carbocycles. The minimum atomic E-state index is -3.71. The highest BCUT2D eigenvalue weighted by atomic mass is 32.2. The van der Waals surface area contributed by atoms with E-state index in [4.69, 9.17) is 4.74 Å². The SMILES string of the molecule is COc1ccc(C(=O)NCc2ccccn2)cc1S(=O)(=O)N1CCCCC1. The van der Waals surface area contributed by atoms with E-state index >= 15 is 0 Å². The summed E-state index contributed by atoms with van der Waals surface area (Å²) >= 11 is 0. The van der Waals surface area contributed by atoms with Crippen LogP contribution in [0, 0.1) is 0 Å². The molecule has 1 aromatic heterocycles. The maximum absolute atomic E-state index is 13.0. The second kappa shape index (κ2) is 8.49. The van der Waals surface area contributed by atoms with Crippen LogP contribution >= 0.6 is 0 Å². The molecular weight excluding hydrogens is 366 g/mol. The molecule has 27 heavy (non-hydrogen) atoms. The van der Waals surface area contributed by atoms with Crippen molar-refractivity contribution in [1.29, 1.82) is 0 Å². The largest absolute Gasteiger partial charge is 0.495 e. The summed E-state index contributed by atoms with van der Waals surface area (Å²) in [6.07, 6.45) is 4.36. The van der Waals surface area contributed by atoms with Crippen LogP contribution in [-0.4, -0.2) is 43.8 Å². The first-order chi connectivity index (χ1) is 13.0. The van der Waals surface area contributed by atoms with Gasteiger partial charge in [-0.2, -0.15) is 4.31 Å². The first-order valence-corrected chi connectivity index (χ1v) is 10.3. The summed E-state index contributed by atoms with van der Waals surface area (Å²) in [7, 11) is -2.29. The molecule has 0 aliphatic carbocycles. The predicted octanol–water partition coefficient (Wildman–Crippen LogP) is 2.19. The minimum absolute atomic E-state index is 0.0254. The van der Waals surface area contributed by atoms with Gasteiger partial charge in [0.05, 0.1) is 19.3 Å². The summed E-state index contributed by atoms with van der Waals surface area (Å²) in [5, 5.41) is 2.76. The molecule has 1 aromatic carbocycles. The zero-order chi connectivity index (χ0) is 19.3. The molecule has 3 rings (SSSR count). The van der Waals surface area contributed by atoms with Gasteiger partial charge in [-0.15, -0.1) is 0 Å². The van der Waals surface area contributed by atoms with Gasteiger partial charge in [0, 0.05) is 24.8 Å². The Morgan fingerprint density at radius 3 is 2.63 bits per heavy atom. The summed E-state index contributed by atoms with van der Waals surface area (Å²) in [6.45, 7) is 1.24. The molecule has 0 atom stereocenters.